The molecule has 3 aromatic rings. The van der Waals surface area contributed by atoms with Gasteiger partial charge in [-0.2, -0.15) is 0 Å². The van der Waals surface area contributed by atoms with Gasteiger partial charge in [-0.3, -0.25) is 4.79 Å². The van der Waals surface area contributed by atoms with E-state index in [1.807, 2.05) is 0 Å². The lowest BCUT2D eigenvalue weighted by Crippen LogP contribution is -2.07. The number of benzene rings is 2. The Bertz CT molecular complexity index is 1160. The fourth-order valence-corrected chi connectivity index (χ4v) is 2.40. The van der Waals surface area contributed by atoms with Crippen LogP contribution in [0.25, 0.3) is 22.3 Å². The summed E-state index contributed by atoms with van der Waals surface area (Å²) < 4.78 is 10.1. The summed E-state index contributed by atoms with van der Waals surface area (Å²) >= 11 is 0. The Kier molecular flexibility index (Phi) is 4.12. The van der Waals surface area contributed by atoms with E-state index < -0.39 is 51.3 Å². The number of ether oxygens (including phenoxy) is 1. The van der Waals surface area contributed by atoms with E-state index in [2.05, 4.69) is 6.58 Å². The van der Waals surface area contributed by atoms with Crippen molar-refractivity contribution >= 4 is 16.9 Å². The van der Waals surface area contributed by atoms with Crippen molar-refractivity contribution in [2.75, 3.05) is 0 Å². The van der Waals surface area contributed by atoms with Crippen LogP contribution in [0.3, 0.4) is 0 Å². The quantitative estimate of drug-likeness (QED) is 0.201. The van der Waals surface area contributed by atoms with Crippen molar-refractivity contribution in [1.82, 2.24) is 0 Å². The molecule has 3 rings (SSSR count). The molecular weight excluding hydrogens is 360 g/mol. The molecule has 138 valence electrons. The molecule has 0 unspecified atom stereocenters. The lowest BCUT2D eigenvalue weighted by Gasteiger charge is -2.11. The predicted octanol–water partition coefficient (Wildman–Crippen LogP) is 2.08. The number of hydrogen-bond donors (Lipinski definition) is 5. The fourth-order valence-electron chi connectivity index (χ4n) is 2.40. The first-order valence-corrected chi connectivity index (χ1v) is 7.36. The minimum Gasteiger partial charge on any atom is -0.504 e. The zero-order valence-electron chi connectivity index (χ0n) is 13.5. The number of carbonyl (C=O) groups excluding carboxylic acids is 1. The average molecular weight is 372 g/mol. The number of hydrogen-bond acceptors (Lipinski definition) is 9. The van der Waals surface area contributed by atoms with E-state index in [0.29, 0.717) is 0 Å². The maximum Gasteiger partial charge on any atom is 0.335 e. The Morgan fingerprint density at radius 3 is 2.33 bits per heavy atom. The smallest absolute Gasteiger partial charge is 0.335 e. The third-order valence-electron chi connectivity index (χ3n) is 3.67. The first kappa shape index (κ1) is 17.7. The summed E-state index contributed by atoms with van der Waals surface area (Å²) in [6.45, 7) is 3.17. The van der Waals surface area contributed by atoms with Gasteiger partial charge in [-0.1, -0.05) is 6.58 Å². The molecule has 27 heavy (non-hydrogen) atoms. The molecule has 0 amide bonds. The standard InChI is InChI=1S/C18H12O9/c1-2-12(22)27-18-10(21)6-11-13(15(18)24)14(23)16(25)17(26-11)7-3-4-8(19)9(20)5-7/h2-6,19-21,24-25H,1H2. The number of phenols is 4. The van der Waals surface area contributed by atoms with Gasteiger partial charge in [0, 0.05) is 17.7 Å². The molecule has 9 nitrogen and oxygen atoms in total. The third kappa shape index (κ3) is 2.86. The summed E-state index contributed by atoms with van der Waals surface area (Å²) in [4.78, 5) is 23.8. The molecule has 0 atom stereocenters. The molecular formula is C18H12O9. The SMILES string of the molecule is C=CC(=O)Oc1c(O)cc2oc(-c3ccc(O)c(O)c3)c(O)c(=O)c2c1O. The van der Waals surface area contributed by atoms with Crippen LogP contribution in [0, 0.1) is 0 Å². The molecule has 0 aliphatic carbocycles. The van der Waals surface area contributed by atoms with Crippen LogP contribution in [-0.2, 0) is 4.79 Å². The Labute approximate surface area is 150 Å². The maximum absolute atomic E-state index is 12.5. The Balaban J connectivity index is 2.30. The van der Waals surface area contributed by atoms with Gasteiger partial charge in [0.05, 0.1) is 0 Å². The first-order valence-electron chi connectivity index (χ1n) is 7.36. The van der Waals surface area contributed by atoms with Gasteiger partial charge in [0.25, 0.3) is 0 Å². The highest BCUT2D eigenvalue weighted by molar-refractivity contribution is 5.93. The van der Waals surface area contributed by atoms with E-state index in [1.165, 1.54) is 6.07 Å². The lowest BCUT2D eigenvalue weighted by molar-refractivity contribution is -0.129. The van der Waals surface area contributed by atoms with E-state index >= 15 is 0 Å². The van der Waals surface area contributed by atoms with Crippen LogP contribution < -0.4 is 10.2 Å². The number of esters is 1. The van der Waals surface area contributed by atoms with Gasteiger partial charge in [0.15, 0.2) is 28.8 Å². The summed E-state index contributed by atoms with van der Waals surface area (Å²) in [5, 5.41) is 48.8. The van der Waals surface area contributed by atoms with Crippen LogP contribution in [0.5, 0.6) is 34.5 Å². The minimum absolute atomic E-state index is 0.0444. The van der Waals surface area contributed by atoms with Crippen molar-refractivity contribution in [2.45, 2.75) is 0 Å². The summed E-state index contributed by atoms with van der Waals surface area (Å²) in [7, 11) is 0. The highest BCUT2D eigenvalue weighted by Gasteiger charge is 2.24. The maximum atomic E-state index is 12.5. The van der Waals surface area contributed by atoms with Crippen molar-refractivity contribution in [3.8, 4) is 45.8 Å². The molecule has 1 heterocycles. The predicted molar refractivity (Wildman–Crippen MR) is 92.1 cm³/mol. The van der Waals surface area contributed by atoms with E-state index in [1.54, 1.807) is 0 Å². The molecule has 0 bridgehead atoms. The molecule has 0 aliphatic rings. The molecule has 5 N–H and O–H groups in total. The van der Waals surface area contributed by atoms with E-state index in [0.717, 1.165) is 24.3 Å². The second-order valence-electron chi connectivity index (χ2n) is 5.38. The van der Waals surface area contributed by atoms with Crippen molar-refractivity contribution in [3.63, 3.8) is 0 Å². The lowest BCUT2D eigenvalue weighted by atomic mass is 10.1. The minimum atomic E-state index is -1.08. The zero-order chi connectivity index (χ0) is 19.9. The topological polar surface area (TPSA) is 158 Å². The molecule has 0 radical (unpaired) electrons. The summed E-state index contributed by atoms with van der Waals surface area (Å²) in [5.41, 5.74) is -1.36. The molecule has 0 saturated heterocycles. The molecule has 0 aliphatic heterocycles. The highest BCUT2D eigenvalue weighted by atomic mass is 16.5. The van der Waals surface area contributed by atoms with Crippen LogP contribution in [0.4, 0.5) is 0 Å². The van der Waals surface area contributed by atoms with Crippen molar-refractivity contribution in [3.05, 3.63) is 47.1 Å². The largest absolute Gasteiger partial charge is 0.504 e. The van der Waals surface area contributed by atoms with E-state index in [4.69, 9.17) is 9.15 Å². The average Bonchev–Trinajstić information content (AvgIpc) is 2.63. The van der Waals surface area contributed by atoms with Gasteiger partial charge in [0.1, 0.15) is 11.0 Å². The van der Waals surface area contributed by atoms with E-state index in [9.17, 15) is 35.1 Å². The molecule has 0 spiro atoms. The Morgan fingerprint density at radius 2 is 1.70 bits per heavy atom. The highest BCUT2D eigenvalue weighted by Crippen LogP contribution is 2.43. The first-order chi connectivity index (χ1) is 12.7. The molecule has 2 aromatic carbocycles. The third-order valence-corrected chi connectivity index (χ3v) is 3.67. The van der Waals surface area contributed by atoms with Gasteiger partial charge in [-0.05, 0) is 18.2 Å². The van der Waals surface area contributed by atoms with Gasteiger partial charge >= 0.3 is 5.97 Å². The summed E-state index contributed by atoms with van der Waals surface area (Å²) in [6.07, 6.45) is 0.781. The molecule has 0 fully saturated rings. The Hall–Kier alpha value is -4.14. The molecule has 9 heteroatoms. The second kappa shape index (κ2) is 6.30. The van der Waals surface area contributed by atoms with Gasteiger partial charge in [-0.15, -0.1) is 0 Å². The summed E-state index contributed by atoms with van der Waals surface area (Å²) in [5.74, 6) is -5.55. The fraction of sp³-hybridized carbons (Fsp3) is 0. The monoisotopic (exact) mass is 372 g/mol. The number of fused-ring (bicyclic) bond motifs is 1. The van der Waals surface area contributed by atoms with Crippen LogP contribution >= 0.6 is 0 Å². The molecule has 1 aromatic heterocycles. The van der Waals surface area contributed by atoms with E-state index in [-0.39, 0.29) is 16.9 Å². The van der Waals surface area contributed by atoms with Crippen LogP contribution in [0.2, 0.25) is 0 Å². The number of rotatable bonds is 3. The molecule has 0 saturated carbocycles. The van der Waals surface area contributed by atoms with Crippen LogP contribution in [0.15, 0.2) is 46.1 Å². The van der Waals surface area contributed by atoms with Crippen molar-refractivity contribution in [1.29, 1.82) is 0 Å². The number of phenolic OH excluding ortho intramolecular Hbond substituents is 4. The zero-order valence-corrected chi connectivity index (χ0v) is 13.5. The Morgan fingerprint density at radius 1 is 1.00 bits per heavy atom. The van der Waals surface area contributed by atoms with Gasteiger partial charge in [0.2, 0.25) is 16.9 Å². The van der Waals surface area contributed by atoms with Gasteiger partial charge in [-0.25, -0.2) is 4.79 Å². The number of aromatic hydroxyl groups is 5. The normalized spacial score (nSPS) is 10.7. The van der Waals surface area contributed by atoms with Crippen LogP contribution in [0.1, 0.15) is 0 Å². The number of carbonyl (C=O) groups is 1. The second-order valence-corrected chi connectivity index (χ2v) is 5.38. The van der Waals surface area contributed by atoms with Crippen molar-refractivity contribution in [2.24, 2.45) is 0 Å². The van der Waals surface area contributed by atoms with Gasteiger partial charge < -0.3 is 34.7 Å². The van der Waals surface area contributed by atoms with Crippen LogP contribution in [-0.4, -0.2) is 31.5 Å². The van der Waals surface area contributed by atoms with Crippen molar-refractivity contribution < 1.29 is 39.5 Å². The summed E-state index contributed by atoms with van der Waals surface area (Å²) in [6, 6.07) is 4.32.